The van der Waals surface area contributed by atoms with E-state index in [9.17, 15) is 0 Å². The third-order valence-electron chi connectivity index (χ3n) is 3.10. The number of pyridine rings is 1. The van der Waals surface area contributed by atoms with Crippen molar-refractivity contribution in [2.75, 3.05) is 5.32 Å². The van der Waals surface area contributed by atoms with Crippen molar-refractivity contribution in [1.82, 2.24) is 15.0 Å². The van der Waals surface area contributed by atoms with Crippen molar-refractivity contribution >= 4 is 38.3 Å². The molecule has 106 valence electrons. The highest BCUT2D eigenvalue weighted by molar-refractivity contribution is 9.10. The number of hydrogen-bond donors (Lipinski definition) is 1. The van der Waals surface area contributed by atoms with Gasteiger partial charge >= 0.3 is 0 Å². The zero-order valence-electron chi connectivity index (χ0n) is 11.8. The molecule has 1 aromatic carbocycles. The van der Waals surface area contributed by atoms with Crippen LogP contribution in [0, 0.1) is 0 Å². The molecule has 3 aromatic rings. The molecule has 5 heteroatoms. The molecule has 2 heterocycles. The summed E-state index contributed by atoms with van der Waals surface area (Å²) < 4.78 is 0.783. The Hall–Kier alpha value is -2.01. The lowest BCUT2D eigenvalue weighted by molar-refractivity contribution is 0.771. The number of rotatable bonds is 3. The first-order valence-electron chi connectivity index (χ1n) is 6.78. The van der Waals surface area contributed by atoms with Crippen molar-refractivity contribution in [2.24, 2.45) is 0 Å². The highest BCUT2D eigenvalue weighted by Crippen LogP contribution is 2.23. The first kappa shape index (κ1) is 13.9. The molecule has 0 spiro atoms. The summed E-state index contributed by atoms with van der Waals surface area (Å²) in [5, 5.41) is 4.42. The smallest absolute Gasteiger partial charge is 0.135 e. The van der Waals surface area contributed by atoms with Crippen LogP contribution in [0.2, 0.25) is 0 Å². The molecule has 0 fully saturated rings. The third kappa shape index (κ3) is 3.19. The number of aromatic nitrogens is 3. The number of fused-ring (bicyclic) bond motifs is 1. The van der Waals surface area contributed by atoms with Gasteiger partial charge in [-0.3, -0.25) is 4.98 Å². The van der Waals surface area contributed by atoms with Crippen LogP contribution in [-0.4, -0.2) is 15.0 Å². The van der Waals surface area contributed by atoms with Crippen LogP contribution in [0.15, 0.2) is 47.2 Å². The number of hydrogen-bond acceptors (Lipinski definition) is 4. The largest absolute Gasteiger partial charge is 0.340 e. The molecule has 1 N–H and O–H groups in total. The zero-order chi connectivity index (χ0) is 14.8. The summed E-state index contributed by atoms with van der Waals surface area (Å²) in [6, 6.07) is 11.9. The molecule has 3 rings (SSSR count). The molecule has 0 saturated carbocycles. The Morgan fingerprint density at radius 3 is 2.76 bits per heavy atom. The second kappa shape index (κ2) is 5.77. The average Bonchev–Trinajstić information content (AvgIpc) is 2.46. The first-order chi connectivity index (χ1) is 10.1. The Bertz CT molecular complexity index is 786. The molecule has 0 aliphatic rings. The predicted molar refractivity (Wildman–Crippen MR) is 88.8 cm³/mol. The van der Waals surface area contributed by atoms with Gasteiger partial charge in [-0.1, -0.05) is 19.9 Å². The van der Waals surface area contributed by atoms with E-state index in [0.717, 1.165) is 32.8 Å². The fourth-order valence-electron chi connectivity index (χ4n) is 2.06. The lowest BCUT2D eigenvalue weighted by Gasteiger charge is -2.10. The molecular weight excluding hydrogens is 328 g/mol. The van der Waals surface area contributed by atoms with Crippen LogP contribution in [-0.2, 0) is 0 Å². The zero-order valence-corrected chi connectivity index (χ0v) is 13.4. The van der Waals surface area contributed by atoms with E-state index < -0.39 is 0 Å². The van der Waals surface area contributed by atoms with Crippen molar-refractivity contribution in [3.8, 4) is 0 Å². The highest BCUT2D eigenvalue weighted by atomic mass is 79.9. The van der Waals surface area contributed by atoms with Crippen molar-refractivity contribution in [3.05, 3.63) is 53.0 Å². The van der Waals surface area contributed by atoms with E-state index >= 15 is 0 Å². The molecule has 0 bridgehead atoms. The maximum Gasteiger partial charge on any atom is 0.135 e. The predicted octanol–water partition coefficient (Wildman–Crippen LogP) is 4.65. The molecule has 0 radical (unpaired) electrons. The minimum absolute atomic E-state index is 0.281. The second-order valence-electron chi connectivity index (χ2n) is 5.12. The lowest BCUT2D eigenvalue weighted by atomic mass is 10.2. The molecule has 2 aromatic heterocycles. The van der Waals surface area contributed by atoms with Crippen molar-refractivity contribution in [2.45, 2.75) is 19.8 Å². The fourth-order valence-corrected chi connectivity index (χ4v) is 2.46. The van der Waals surface area contributed by atoms with Gasteiger partial charge in [0.15, 0.2) is 0 Å². The molecule has 4 nitrogen and oxygen atoms in total. The summed E-state index contributed by atoms with van der Waals surface area (Å²) in [6.07, 6.45) is 1.80. The minimum Gasteiger partial charge on any atom is -0.340 e. The summed E-state index contributed by atoms with van der Waals surface area (Å²) in [5.41, 5.74) is 1.96. The molecular formula is C16H15BrN4. The van der Waals surface area contributed by atoms with Gasteiger partial charge in [-0.2, -0.15) is 0 Å². The van der Waals surface area contributed by atoms with Gasteiger partial charge in [0, 0.05) is 29.3 Å². The minimum atomic E-state index is 0.281. The summed E-state index contributed by atoms with van der Waals surface area (Å²) >= 11 is 3.43. The Kier molecular flexibility index (Phi) is 3.84. The summed E-state index contributed by atoms with van der Waals surface area (Å²) in [6.45, 7) is 4.15. The molecule has 0 amide bonds. The molecule has 21 heavy (non-hydrogen) atoms. The Morgan fingerprint density at radius 2 is 1.95 bits per heavy atom. The maximum atomic E-state index is 4.54. The van der Waals surface area contributed by atoms with E-state index in [-0.39, 0.29) is 5.92 Å². The number of halogens is 1. The van der Waals surface area contributed by atoms with E-state index in [1.807, 2.05) is 30.3 Å². The van der Waals surface area contributed by atoms with Gasteiger partial charge in [0.1, 0.15) is 16.2 Å². The quantitative estimate of drug-likeness (QED) is 0.703. The molecule has 0 saturated heterocycles. The van der Waals surface area contributed by atoms with Crippen molar-refractivity contribution in [3.63, 3.8) is 0 Å². The van der Waals surface area contributed by atoms with Crippen LogP contribution in [0.25, 0.3) is 10.9 Å². The van der Waals surface area contributed by atoms with Gasteiger partial charge in [-0.05, 0) is 40.2 Å². The van der Waals surface area contributed by atoms with Gasteiger partial charge < -0.3 is 5.32 Å². The van der Waals surface area contributed by atoms with E-state index in [0.29, 0.717) is 0 Å². The number of anilines is 2. The standard InChI is InChI=1S/C16H15BrN4/c1-10(2)16-20-14(17)9-15(21-16)19-12-5-6-13-11(8-12)4-3-7-18-13/h3-10H,1-2H3,(H,19,20,21). The van der Waals surface area contributed by atoms with E-state index in [1.165, 1.54) is 0 Å². The second-order valence-corrected chi connectivity index (χ2v) is 5.94. The van der Waals surface area contributed by atoms with Gasteiger partial charge in [0.05, 0.1) is 5.52 Å². The third-order valence-corrected chi connectivity index (χ3v) is 3.51. The Balaban J connectivity index is 1.94. The number of nitrogens with one attached hydrogen (secondary N) is 1. The number of nitrogens with zero attached hydrogens (tertiary/aromatic N) is 3. The van der Waals surface area contributed by atoms with Crippen molar-refractivity contribution < 1.29 is 0 Å². The van der Waals surface area contributed by atoms with Gasteiger partial charge in [0.25, 0.3) is 0 Å². The fraction of sp³-hybridized carbons (Fsp3) is 0.188. The monoisotopic (exact) mass is 342 g/mol. The van der Waals surface area contributed by atoms with E-state index in [1.54, 1.807) is 6.20 Å². The van der Waals surface area contributed by atoms with Crippen LogP contribution in [0.5, 0.6) is 0 Å². The van der Waals surface area contributed by atoms with E-state index in [4.69, 9.17) is 0 Å². The van der Waals surface area contributed by atoms with Crippen LogP contribution < -0.4 is 5.32 Å². The van der Waals surface area contributed by atoms with E-state index in [2.05, 4.69) is 56.1 Å². The van der Waals surface area contributed by atoms with Crippen LogP contribution in [0.4, 0.5) is 11.5 Å². The van der Waals surface area contributed by atoms with Gasteiger partial charge in [0.2, 0.25) is 0 Å². The van der Waals surface area contributed by atoms with Crippen molar-refractivity contribution in [1.29, 1.82) is 0 Å². The maximum absolute atomic E-state index is 4.54. The van der Waals surface area contributed by atoms with Crippen LogP contribution >= 0.6 is 15.9 Å². The normalized spacial score (nSPS) is 11.0. The molecule has 0 atom stereocenters. The summed E-state index contributed by atoms with van der Waals surface area (Å²) in [5.74, 6) is 1.88. The van der Waals surface area contributed by atoms with Crippen LogP contribution in [0.1, 0.15) is 25.6 Å². The highest BCUT2D eigenvalue weighted by Gasteiger charge is 2.07. The Morgan fingerprint density at radius 1 is 1.10 bits per heavy atom. The number of benzene rings is 1. The SMILES string of the molecule is CC(C)c1nc(Br)cc(Nc2ccc3ncccc3c2)n1. The summed E-state index contributed by atoms with van der Waals surface area (Å²) in [4.78, 5) is 13.2. The molecule has 0 unspecified atom stereocenters. The molecule has 0 aliphatic carbocycles. The van der Waals surface area contributed by atoms with Gasteiger partial charge in [-0.25, -0.2) is 9.97 Å². The molecule has 0 aliphatic heterocycles. The lowest BCUT2D eigenvalue weighted by Crippen LogP contribution is -2.02. The first-order valence-corrected chi connectivity index (χ1v) is 7.57. The average molecular weight is 343 g/mol. The van der Waals surface area contributed by atoms with Gasteiger partial charge in [-0.15, -0.1) is 0 Å². The Labute approximate surface area is 131 Å². The topological polar surface area (TPSA) is 50.7 Å². The summed E-state index contributed by atoms with van der Waals surface area (Å²) in [7, 11) is 0. The van der Waals surface area contributed by atoms with Crippen LogP contribution in [0.3, 0.4) is 0 Å².